The predicted molar refractivity (Wildman–Crippen MR) is 81.0 cm³/mol. The highest BCUT2D eigenvalue weighted by Gasteiger charge is 2.36. The number of rotatable bonds is 5. The molecule has 0 aromatic carbocycles. The molecule has 23 heavy (non-hydrogen) atoms. The number of amides is 1. The smallest absolute Gasteiger partial charge is 0.273 e. The molecular formula is C16H19N3O4. The minimum absolute atomic E-state index is 0.164. The molecule has 1 aliphatic carbocycles. The molecule has 1 saturated carbocycles. The number of ether oxygens (including phenoxy) is 1. The maximum atomic E-state index is 12.3. The van der Waals surface area contributed by atoms with Crippen LogP contribution >= 0.6 is 0 Å². The fourth-order valence-electron chi connectivity index (χ4n) is 2.76. The molecule has 2 aromatic heterocycles. The minimum atomic E-state index is -0.306. The summed E-state index contributed by atoms with van der Waals surface area (Å²) in [5.41, 5.74) is 1.12. The molecule has 0 spiro atoms. The number of nitrogens with one attached hydrogen (secondary N) is 1. The fraction of sp³-hybridized carbons (Fsp3) is 0.438. The van der Waals surface area contributed by atoms with Crippen LogP contribution < -0.4 is 10.1 Å². The quantitative estimate of drug-likeness (QED) is 0.870. The summed E-state index contributed by atoms with van der Waals surface area (Å²) in [7, 11) is 1.55. The normalized spacial score (nSPS) is 21.3. The fourth-order valence-corrected chi connectivity index (χ4v) is 2.76. The Bertz CT molecular complexity index is 677. The number of hydrogen-bond donors (Lipinski definition) is 2. The molecule has 1 atom stereocenters. The molecule has 1 amide bonds. The number of carbonyl (C=O) groups excluding carboxylic acids is 1. The molecule has 0 bridgehead atoms. The summed E-state index contributed by atoms with van der Waals surface area (Å²) in [5.74, 6) is 0.956. The van der Waals surface area contributed by atoms with Gasteiger partial charge < -0.3 is 19.7 Å². The lowest BCUT2D eigenvalue weighted by Crippen LogP contribution is -2.41. The van der Waals surface area contributed by atoms with Crippen molar-refractivity contribution in [1.82, 2.24) is 15.5 Å². The molecule has 1 fully saturated rings. The van der Waals surface area contributed by atoms with Crippen molar-refractivity contribution in [2.24, 2.45) is 5.92 Å². The SMILES string of the molecule is COc1ccc([C@H](NC(=O)c2cc(C)on2)C2CC(O)C2)cn1. The first kappa shape index (κ1) is 15.5. The van der Waals surface area contributed by atoms with Gasteiger partial charge in [-0.05, 0) is 31.2 Å². The second-order valence-corrected chi connectivity index (χ2v) is 5.79. The number of hydrogen-bond acceptors (Lipinski definition) is 6. The number of methoxy groups -OCH3 is 1. The van der Waals surface area contributed by atoms with Crippen LogP contribution in [-0.4, -0.2) is 34.4 Å². The van der Waals surface area contributed by atoms with Gasteiger partial charge in [-0.3, -0.25) is 4.79 Å². The number of aryl methyl sites for hydroxylation is 1. The van der Waals surface area contributed by atoms with Gasteiger partial charge in [-0.1, -0.05) is 11.2 Å². The van der Waals surface area contributed by atoms with Gasteiger partial charge in [0, 0.05) is 18.3 Å². The van der Waals surface area contributed by atoms with Crippen molar-refractivity contribution in [1.29, 1.82) is 0 Å². The zero-order valence-electron chi connectivity index (χ0n) is 13.0. The molecule has 0 aliphatic heterocycles. The lowest BCUT2D eigenvalue weighted by atomic mass is 9.75. The van der Waals surface area contributed by atoms with Crippen LogP contribution in [0.3, 0.4) is 0 Å². The first-order chi connectivity index (χ1) is 11.1. The van der Waals surface area contributed by atoms with Crippen molar-refractivity contribution >= 4 is 5.91 Å². The summed E-state index contributed by atoms with van der Waals surface area (Å²) >= 11 is 0. The van der Waals surface area contributed by atoms with Crippen LogP contribution in [0.1, 0.15) is 40.7 Å². The molecule has 3 rings (SSSR count). The molecule has 7 nitrogen and oxygen atoms in total. The van der Waals surface area contributed by atoms with E-state index in [1.807, 2.05) is 6.07 Å². The lowest BCUT2D eigenvalue weighted by molar-refractivity contribution is 0.0233. The summed E-state index contributed by atoms with van der Waals surface area (Å²) in [5, 5.41) is 16.3. The first-order valence-electron chi connectivity index (χ1n) is 7.49. The Kier molecular flexibility index (Phi) is 4.29. The maximum Gasteiger partial charge on any atom is 0.273 e. The largest absolute Gasteiger partial charge is 0.481 e. The Morgan fingerprint density at radius 3 is 2.78 bits per heavy atom. The van der Waals surface area contributed by atoms with E-state index in [0.717, 1.165) is 5.56 Å². The zero-order valence-corrected chi connectivity index (χ0v) is 13.0. The van der Waals surface area contributed by atoms with Gasteiger partial charge in [0.25, 0.3) is 5.91 Å². The number of aromatic nitrogens is 2. The highest BCUT2D eigenvalue weighted by atomic mass is 16.5. The molecule has 0 radical (unpaired) electrons. The summed E-state index contributed by atoms with van der Waals surface area (Å²) in [4.78, 5) is 16.5. The third-order valence-electron chi connectivity index (χ3n) is 4.10. The number of aliphatic hydroxyl groups is 1. The van der Waals surface area contributed by atoms with Crippen LogP contribution in [0.2, 0.25) is 0 Å². The van der Waals surface area contributed by atoms with Crippen LogP contribution in [-0.2, 0) is 0 Å². The lowest BCUT2D eigenvalue weighted by Gasteiger charge is -2.38. The molecule has 1 aliphatic rings. The van der Waals surface area contributed by atoms with E-state index in [2.05, 4.69) is 15.5 Å². The third-order valence-corrected chi connectivity index (χ3v) is 4.10. The van der Waals surface area contributed by atoms with Crippen LogP contribution in [0, 0.1) is 12.8 Å². The third kappa shape index (κ3) is 3.34. The maximum absolute atomic E-state index is 12.3. The van der Waals surface area contributed by atoms with E-state index >= 15 is 0 Å². The van der Waals surface area contributed by atoms with Gasteiger partial charge in [0.1, 0.15) is 5.76 Å². The summed E-state index contributed by atoms with van der Waals surface area (Å²) in [6.07, 6.45) is 2.67. The molecular weight excluding hydrogens is 298 g/mol. The Morgan fingerprint density at radius 2 is 2.26 bits per heavy atom. The summed E-state index contributed by atoms with van der Waals surface area (Å²) < 4.78 is 10.0. The van der Waals surface area contributed by atoms with E-state index in [0.29, 0.717) is 24.5 Å². The highest BCUT2D eigenvalue weighted by molar-refractivity contribution is 5.92. The second-order valence-electron chi connectivity index (χ2n) is 5.79. The van der Waals surface area contributed by atoms with E-state index in [1.165, 1.54) is 0 Å². The molecule has 0 saturated heterocycles. The first-order valence-corrected chi connectivity index (χ1v) is 7.49. The Morgan fingerprint density at radius 1 is 1.48 bits per heavy atom. The minimum Gasteiger partial charge on any atom is -0.481 e. The van der Waals surface area contributed by atoms with E-state index in [-0.39, 0.29) is 29.7 Å². The van der Waals surface area contributed by atoms with Crippen molar-refractivity contribution < 1.29 is 19.2 Å². The number of carbonyl (C=O) groups is 1. The van der Waals surface area contributed by atoms with Crippen LogP contribution in [0.15, 0.2) is 28.9 Å². The summed E-state index contributed by atoms with van der Waals surface area (Å²) in [6, 6.07) is 4.98. The van der Waals surface area contributed by atoms with Crippen LogP contribution in [0.5, 0.6) is 5.88 Å². The van der Waals surface area contributed by atoms with Crippen molar-refractivity contribution in [3.63, 3.8) is 0 Å². The second kappa shape index (κ2) is 6.37. The monoisotopic (exact) mass is 317 g/mol. The summed E-state index contributed by atoms with van der Waals surface area (Å²) in [6.45, 7) is 1.73. The van der Waals surface area contributed by atoms with E-state index < -0.39 is 0 Å². The number of aliphatic hydroxyl groups excluding tert-OH is 1. The number of nitrogens with zero attached hydrogens (tertiary/aromatic N) is 2. The van der Waals surface area contributed by atoms with Gasteiger partial charge in [0.15, 0.2) is 5.69 Å². The molecule has 7 heteroatoms. The van der Waals surface area contributed by atoms with Gasteiger partial charge in [-0.25, -0.2) is 4.98 Å². The van der Waals surface area contributed by atoms with Gasteiger partial charge in [-0.15, -0.1) is 0 Å². The van der Waals surface area contributed by atoms with Gasteiger partial charge in [0.05, 0.1) is 19.3 Å². The van der Waals surface area contributed by atoms with E-state index in [4.69, 9.17) is 9.26 Å². The van der Waals surface area contributed by atoms with Crippen molar-refractivity contribution in [2.45, 2.75) is 31.9 Å². The van der Waals surface area contributed by atoms with E-state index in [9.17, 15) is 9.90 Å². The zero-order chi connectivity index (χ0) is 16.4. The molecule has 2 N–H and O–H groups in total. The van der Waals surface area contributed by atoms with E-state index in [1.54, 1.807) is 32.4 Å². The van der Waals surface area contributed by atoms with Gasteiger partial charge >= 0.3 is 0 Å². The standard InChI is InChI=1S/C16H19N3O4/c1-9-5-13(19-23-9)16(21)18-15(11-6-12(20)7-11)10-3-4-14(22-2)17-8-10/h3-5,8,11-12,15,20H,6-7H2,1-2H3,(H,18,21)/t11?,12?,15-/m0/s1. The van der Waals surface area contributed by atoms with Crippen LogP contribution in [0.25, 0.3) is 0 Å². The predicted octanol–water partition coefficient (Wildman–Crippen LogP) is 1.63. The van der Waals surface area contributed by atoms with Crippen LogP contribution in [0.4, 0.5) is 0 Å². The Hall–Kier alpha value is -2.41. The Balaban J connectivity index is 1.79. The van der Waals surface area contributed by atoms with Gasteiger partial charge in [-0.2, -0.15) is 0 Å². The molecule has 122 valence electrons. The molecule has 2 heterocycles. The van der Waals surface area contributed by atoms with Crippen molar-refractivity contribution in [3.05, 3.63) is 41.4 Å². The Labute approximate surface area is 133 Å². The average molecular weight is 317 g/mol. The highest BCUT2D eigenvalue weighted by Crippen LogP contribution is 2.38. The molecule has 2 aromatic rings. The average Bonchev–Trinajstić information content (AvgIpc) is 2.96. The topological polar surface area (TPSA) is 97.5 Å². The van der Waals surface area contributed by atoms with Gasteiger partial charge in [0.2, 0.25) is 5.88 Å². The number of pyridine rings is 1. The molecule has 0 unspecified atom stereocenters. The van der Waals surface area contributed by atoms with Crippen molar-refractivity contribution in [3.8, 4) is 5.88 Å². The van der Waals surface area contributed by atoms with Crippen molar-refractivity contribution in [2.75, 3.05) is 7.11 Å².